The fourth-order valence-electron chi connectivity index (χ4n) is 3.05. The third-order valence-electron chi connectivity index (χ3n) is 4.35. The van der Waals surface area contributed by atoms with Crippen molar-refractivity contribution in [2.75, 3.05) is 24.4 Å². The number of halogens is 1. The van der Waals surface area contributed by atoms with E-state index in [-0.39, 0.29) is 6.03 Å². The first kappa shape index (κ1) is 18.5. The molecule has 5 nitrogen and oxygen atoms in total. The van der Waals surface area contributed by atoms with Gasteiger partial charge in [0.1, 0.15) is 11.5 Å². The molecule has 3 aromatic rings. The number of methoxy groups -OCH3 is 2. The second kappa shape index (κ2) is 7.66. The highest BCUT2D eigenvalue weighted by atomic mass is 35.5. The number of amides is 2. The summed E-state index contributed by atoms with van der Waals surface area (Å²) in [6.07, 6.45) is 0. The monoisotopic (exact) mass is 412 g/mol. The summed E-state index contributed by atoms with van der Waals surface area (Å²) >= 11 is 7.88. The van der Waals surface area contributed by atoms with Gasteiger partial charge in [0, 0.05) is 15.9 Å². The number of benzene rings is 3. The Labute approximate surface area is 172 Å². The van der Waals surface area contributed by atoms with Gasteiger partial charge < -0.3 is 14.8 Å². The zero-order valence-electron chi connectivity index (χ0n) is 15.2. The van der Waals surface area contributed by atoms with E-state index in [0.717, 1.165) is 21.2 Å². The van der Waals surface area contributed by atoms with Crippen LogP contribution in [0.25, 0.3) is 0 Å². The van der Waals surface area contributed by atoms with E-state index in [2.05, 4.69) is 5.32 Å². The fraction of sp³-hybridized carbons (Fsp3) is 0.0952. The Bertz CT molecular complexity index is 1010. The normalized spacial score (nSPS) is 12.0. The van der Waals surface area contributed by atoms with Gasteiger partial charge in [-0.15, -0.1) is 0 Å². The molecule has 0 aromatic heterocycles. The number of nitrogens with one attached hydrogen (secondary N) is 1. The topological polar surface area (TPSA) is 50.8 Å². The van der Waals surface area contributed by atoms with Crippen LogP contribution in [0.5, 0.6) is 11.5 Å². The molecule has 0 saturated carbocycles. The fourth-order valence-corrected chi connectivity index (χ4v) is 4.35. The zero-order chi connectivity index (χ0) is 19.7. The maximum Gasteiger partial charge on any atom is 0.331 e. The summed E-state index contributed by atoms with van der Waals surface area (Å²) in [4.78, 5) is 17.0. The van der Waals surface area contributed by atoms with Gasteiger partial charge in [0.15, 0.2) is 0 Å². The smallest absolute Gasteiger partial charge is 0.331 e. The number of nitrogens with zero attached hydrogens (tertiary/aromatic N) is 1. The molecule has 1 N–H and O–H groups in total. The Morgan fingerprint density at radius 3 is 2.07 bits per heavy atom. The lowest BCUT2D eigenvalue weighted by Crippen LogP contribution is -2.32. The van der Waals surface area contributed by atoms with Gasteiger partial charge in [-0.3, -0.25) is 4.90 Å². The number of ether oxygens (including phenoxy) is 2. The number of rotatable bonds is 3. The van der Waals surface area contributed by atoms with Crippen LogP contribution >= 0.6 is 23.4 Å². The van der Waals surface area contributed by atoms with Crippen molar-refractivity contribution >= 4 is 46.5 Å². The minimum atomic E-state index is -0.306. The maximum atomic E-state index is 13.3. The molecule has 1 aliphatic rings. The van der Waals surface area contributed by atoms with E-state index in [1.54, 1.807) is 28.8 Å². The van der Waals surface area contributed by atoms with Gasteiger partial charge in [0.2, 0.25) is 0 Å². The van der Waals surface area contributed by atoms with Crippen LogP contribution in [0.2, 0.25) is 5.02 Å². The predicted molar refractivity (Wildman–Crippen MR) is 113 cm³/mol. The van der Waals surface area contributed by atoms with Crippen molar-refractivity contribution in [3.05, 3.63) is 65.7 Å². The summed E-state index contributed by atoms with van der Waals surface area (Å²) in [5.74, 6) is 0.934. The van der Waals surface area contributed by atoms with Crippen LogP contribution in [0.15, 0.2) is 70.5 Å². The third kappa shape index (κ3) is 3.25. The van der Waals surface area contributed by atoms with Gasteiger partial charge in [-0.1, -0.05) is 47.6 Å². The minimum absolute atomic E-state index is 0.306. The molecule has 7 heteroatoms. The van der Waals surface area contributed by atoms with Crippen molar-refractivity contribution in [1.29, 1.82) is 0 Å². The molecular formula is C21H17ClN2O3S. The highest BCUT2D eigenvalue weighted by Gasteiger charge is 2.28. The summed E-state index contributed by atoms with van der Waals surface area (Å²) in [6, 6.07) is 18.6. The summed E-state index contributed by atoms with van der Waals surface area (Å²) < 4.78 is 10.6. The number of carbonyl (C=O) groups is 1. The molecule has 142 valence electrons. The Hall–Kier alpha value is -2.83. The van der Waals surface area contributed by atoms with Gasteiger partial charge in [0.25, 0.3) is 0 Å². The average Bonchev–Trinajstić information content (AvgIpc) is 2.72. The lowest BCUT2D eigenvalue weighted by atomic mass is 10.2. The molecule has 0 saturated heterocycles. The van der Waals surface area contributed by atoms with Crippen LogP contribution in [-0.2, 0) is 0 Å². The number of hydrogen-bond acceptors (Lipinski definition) is 4. The number of carbonyl (C=O) groups excluding carboxylic acids is 1. The Kier molecular flexibility index (Phi) is 5.07. The molecule has 3 aromatic carbocycles. The van der Waals surface area contributed by atoms with E-state index >= 15 is 0 Å². The first-order valence-electron chi connectivity index (χ1n) is 8.51. The molecule has 0 radical (unpaired) electrons. The number of fused-ring (bicyclic) bond motifs is 2. The van der Waals surface area contributed by atoms with Crippen LogP contribution in [0.1, 0.15) is 0 Å². The maximum absolute atomic E-state index is 13.3. The lowest BCUT2D eigenvalue weighted by Gasteiger charge is -2.31. The molecule has 0 aliphatic carbocycles. The quantitative estimate of drug-likeness (QED) is 0.557. The first-order chi connectivity index (χ1) is 13.6. The van der Waals surface area contributed by atoms with Crippen molar-refractivity contribution < 1.29 is 14.3 Å². The van der Waals surface area contributed by atoms with E-state index in [1.165, 1.54) is 14.2 Å². The second-order valence-electron chi connectivity index (χ2n) is 5.99. The van der Waals surface area contributed by atoms with Crippen LogP contribution in [0.3, 0.4) is 0 Å². The number of para-hydroxylation sites is 2. The van der Waals surface area contributed by atoms with Gasteiger partial charge in [-0.05, 0) is 30.3 Å². The highest BCUT2D eigenvalue weighted by Crippen LogP contribution is 2.48. The second-order valence-corrected chi connectivity index (χ2v) is 7.48. The predicted octanol–water partition coefficient (Wildman–Crippen LogP) is 6.19. The van der Waals surface area contributed by atoms with Gasteiger partial charge in [-0.2, -0.15) is 0 Å². The van der Waals surface area contributed by atoms with E-state index in [4.69, 9.17) is 21.1 Å². The van der Waals surface area contributed by atoms with Gasteiger partial charge >= 0.3 is 6.03 Å². The van der Waals surface area contributed by atoms with E-state index < -0.39 is 0 Å². The molecule has 0 atom stereocenters. The zero-order valence-corrected chi connectivity index (χ0v) is 16.8. The van der Waals surface area contributed by atoms with Crippen molar-refractivity contribution in [1.82, 2.24) is 0 Å². The van der Waals surface area contributed by atoms with E-state index in [0.29, 0.717) is 22.2 Å². The largest absolute Gasteiger partial charge is 0.495 e. The Morgan fingerprint density at radius 1 is 0.929 bits per heavy atom. The summed E-state index contributed by atoms with van der Waals surface area (Å²) in [5.41, 5.74) is 2.11. The summed E-state index contributed by atoms with van der Waals surface area (Å²) in [6.45, 7) is 0. The summed E-state index contributed by atoms with van der Waals surface area (Å²) in [5, 5.41) is 3.30. The molecule has 2 amide bonds. The van der Waals surface area contributed by atoms with E-state index in [1.807, 2.05) is 48.5 Å². The minimum Gasteiger partial charge on any atom is -0.495 e. The van der Waals surface area contributed by atoms with E-state index in [9.17, 15) is 4.79 Å². The number of anilines is 3. The Balaban J connectivity index is 1.75. The molecule has 1 heterocycles. The Morgan fingerprint density at radius 2 is 1.50 bits per heavy atom. The molecule has 0 bridgehead atoms. The molecule has 4 rings (SSSR count). The van der Waals surface area contributed by atoms with Gasteiger partial charge in [0.05, 0.1) is 36.3 Å². The van der Waals surface area contributed by atoms with Crippen LogP contribution in [0, 0.1) is 0 Å². The van der Waals surface area contributed by atoms with Crippen LogP contribution in [0.4, 0.5) is 21.9 Å². The van der Waals surface area contributed by atoms with Crippen LogP contribution in [-0.4, -0.2) is 20.3 Å². The number of urea groups is 1. The van der Waals surface area contributed by atoms with Crippen molar-refractivity contribution in [3.8, 4) is 11.5 Å². The molecular weight excluding hydrogens is 396 g/mol. The highest BCUT2D eigenvalue weighted by molar-refractivity contribution is 7.99. The molecule has 0 fully saturated rings. The van der Waals surface area contributed by atoms with Crippen molar-refractivity contribution in [2.24, 2.45) is 0 Å². The molecule has 1 aliphatic heterocycles. The van der Waals surface area contributed by atoms with Crippen molar-refractivity contribution in [2.45, 2.75) is 9.79 Å². The summed E-state index contributed by atoms with van der Waals surface area (Å²) in [7, 11) is 3.05. The molecule has 0 spiro atoms. The van der Waals surface area contributed by atoms with Crippen LogP contribution < -0.4 is 19.7 Å². The lowest BCUT2D eigenvalue weighted by molar-refractivity contribution is 0.258. The van der Waals surface area contributed by atoms with Gasteiger partial charge in [-0.25, -0.2) is 4.79 Å². The third-order valence-corrected chi connectivity index (χ3v) is 5.78. The SMILES string of the molecule is COc1cc(OC)c(NC(=O)N2c3ccccc3Sc3ccccc32)cc1Cl. The number of hydrogen-bond donors (Lipinski definition) is 1. The first-order valence-corrected chi connectivity index (χ1v) is 9.70. The average molecular weight is 413 g/mol. The molecule has 0 unspecified atom stereocenters. The van der Waals surface area contributed by atoms with Crippen molar-refractivity contribution in [3.63, 3.8) is 0 Å². The molecule has 28 heavy (non-hydrogen) atoms. The standard InChI is InChI=1S/C21H17ClN2O3S/c1-26-17-12-18(27-2)14(11-13(17)22)23-21(25)24-15-7-3-5-9-19(15)28-20-10-6-4-8-16(20)24/h3-12H,1-2H3,(H,23,25).